The van der Waals surface area contributed by atoms with Crippen molar-refractivity contribution in [2.24, 2.45) is 5.92 Å². The number of hydrogen-bond acceptors (Lipinski definition) is 4. The fourth-order valence-electron chi connectivity index (χ4n) is 3.44. The van der Waals surface area contributed by atoms with Crippen molar-refractivity contribution in [3.05, 3.63) is 53.6 Å². The summed E-state index contributed by atoms with van der Waals surface area (Å²) in [5.41, 5.74) is 1.37. The number of aromatic nitrogens is 2. The van der Waals surface area contributed by atoms with Gasteiger partial charge >= 0.3 is 0 Å². The fourth-order valence-corrected chi connectivity index (χ4v) is 3.44. The maximum Gasteiger partial charge on any atom is 0.223 e. The Balaban J connectivity index is 1.39. The highest BCUT2D eigenvalue weighted by molar-refractivity contribution is 5.78. The molecule has 0 spiro atoms. The van der Waals surface area contributed by atoms with Crippen LogP contribution in [0.5, 0.6) is 0 Å². The van der Waals surface area contributed by atoms with Crippen molar-refractivity contribution >= 4 is 5.91 Å². The number of benzene rings is 1. The summed E-state index contributed by atoms with van der Waals surface area (Å²) >= 11 is 0. The van der Waals surface area contributed by atoms with E-state index in [1.807, 2.05) is 18.3 Å². The molecule has 0 radical (unpaired) electrons. The van der Waals surface area contributed by atoms with Gasteiger partial charge in [-0.05, 0) is 56.1 Å². The second-order valence-electron chi connectivity index (χ2n) is 7.26. The Hall–Kier alpha value is -2.25. The number of nitrogens with one attached hydrogen (secondary N) is 1. The van der Waals surface area contributed by atoms with Crippen LogP contribution in [0.1, 0.15) is 24.0 Å². The number of hydrogen-bond donors (Lipinski definition) is 2. The molecule has 0 saturated carbocycles. The van der Waals surface area contributed by atoms with Crippen LogP contribution in [0.4, 0.5) is 4.39 Å². The Morgan fingerprint density at radius 3 is 2.81 bits per heavy atom. The first kappa shape index (κ1) is 19.5. The van der Waals surface area contributed by atoms with Gasteiger partial charge in [0.05, 0.1) is 12.6 Å². The number of aryl methyl sites for hydroxylation is 1. The molecule has 2 N–H and O–H groups in total. The standard InChI is InChI=1S/C20H27FN4O2/c1-15-3-4-16(11-19(15)21)12-22-20(27)17-5-9-24(10-6-17)13-18(26)14-25-8-2-7-23-25/h2-4,7-8,11,17-18,26H,5-6,9-10,12-14H2,1H3,(H,22,27). The topological polar surface area (TPSA) is 70.4 Å². The molecular weight excluding hydrogens is 347 g/mol. The lowest BCUT2D eigenvalue weighted by atomic mass is 9.95. The van der Waals surface area contributed by atoms with Crippen LogP contribution in [0.15, 0.2) is 36.7 Å². The minimum Gasteiger partial charge on any atom is -0.390 e. The predicted octanol–water partition coefficient (Wildman–Crippen LogP) is 1.72. The summed E-state index contributed by atoms with van der Waals surface area (Å²) in [4.78, 5) is 14.6. The van der Waals surface area contributed by atoms with E-state index in [4.69, 9.17) is 0 Å². The smallest absolute Gasteiger partial charge is 0.223 e. The average Bonchev–Trinajstić information content (AvgIpc) is 3.16. The quantitative estimate of drug-likeness (QED) is 0.774. The zero-order valence-corrected chi connectivity index (χ0v) is 15.6. The molecule has 1 aromatic heterocycles. The van der Waals surface area contributed by atoms with Gasteiger partial charge in [0.25, 0.3) is 0 Å². The highest BCUT2D eigenvalue weighted by Crippen LogP contribution is 2.18. The minimum absolute atomic E-state index is 0.0210. The number of carbonyl (C=O) groups excluding carboxylic acids is 1. The van der Waals surface area contributed by atoms with Gasteiger partial charge in [-0.25, -0.2) is 4.39 Å². The second kappa shape index (κ2) is 9.10. The van der Waals surface area contributed by atoms with Crippen LogP contribution >= 0.6 is 0 Å². The minimum atomic E-state index is -0.480. The number of aliphatic hydroxyl groups excluding tert-OH is 1. The number of likely N-dealkylation sites (tertiary alicyclic amines) is 1. The second-order valence-corrected chi connectivity index (χ2v) is 7.26. The molecule has 0 aliphatic carbocycles. The predicted molar refractivity (Wildman–Crippen MR) is 100 cm³/mol. The number of β-amino-alcohol motifs (C(OH)–C–C–N with tert-alkyl or cyclic N) is 1. The molecule has 1 amide bonds. The molecule has 1 unspecified atom stereocenters. The molecule has 2 aromatic rings. The molecule has 1 aromatic carbocycles. The van der Waals surface area contributed by atoms with Gasteiger partial charge in [0.2, 0.25) is 5.91 Å². The number of aliphatic hydroxyl groups is 1. The lowest BCUT2D eigenvalue weighted by Crippen LogP contribution is -2.43. The van der Waals surface area contributed by atoms with E-state index in [1.54, 1.807) is 23.9 Å². The van der Waals surface area contributed by atoms with Crippen molar-refractivity contribution in [2.75, 3.05) is 19.6 Å². The van der Waals surface area contributed by atoms with Crippen molar-refractivity contribution in [3.63, 3.8) is 0 Å². The Labute approximate surface area is 159 Å². The highest BCUT2D eigenvalue weighted by Gasteiger charge is 2.25. The summed E-state index contributed by atoms with van der Waals surface area (Å²) in [6.07, 6.45) is 4.58. The summed E-state index contributed by atoms with van der Waals surface area (Å²) in [5, 5.41) is 17.2. The third-order valence-electron chi connectivity index (χ3n) is 5.09. The number of rotatable bonds is 7. The van der Waals surface area contributed by atoms with E-state index in [-0.39, 0.29) is 17.6 Å². The molecule has 1 saturated heterocycles. The number of piperidine rings is 1. The van der Waals surface area contributed by atoms with Crippen molar-refractivity contribution in [2.45, 2.75) is 39.0 Å². The maximum absolute atomic E-state index is 13.6. The van der Waals surface area contributed by atoms with Crippen molar-refractivity contribution in [3.8, 4) is 0 Å². The lowest BCUT2D eigenvalue weighted by molar-refractivity contribution is -0.126. The molecule has 3 rings (SSSR count). The number of carbonyl (C=O) groups is 1. The largest absolute Gasteiger partial charge is 0.390 e. The normalized spacial score (nSPS) is 17.0. The van der Waals surface area contributed by atoms with Crippen molar-refractivity contribution < 1.29 is 14.3 Å². The Morgan fingerprint density at radius 2 is 2.15 bits per heavy atom. The SMILES string of the molecule is Cc1ccc(CNC(=O)C2CCN(CC(O)Cn3cccn3)CC2)cc1F. The van der Waals surface area contributed by atoms with Crippen LogP contribution < -0.4 is 5.32 Å². The van der Waals surface area contributed by atoms with Crippen LogP contribution in [0.3, 0.4) is 0 Å². The van der Waals surface area contributed by atoms with E-state index in [0.717, 1.165) is 31.5 Å². The fraction of sp³-hybridized carbons (Fsp3) is 0.500. The molecule has 1 atom stereocenters. The molecule has 146 valence electrons. The molecule has 1 fully saturated rings. The Kier molecular flexibility index (Phi) is 6.58. The Bertz CT molecular complexity index is 742. The van der Waals surface area contributed by atoms with Gasteiger partial charge < -0.3 is 15.3 Å². The first-order valence-corrected chi connectivity index (χ1v) is 9.42. The van der Waals surface area contributed by atoms with Gasteiger partial charge in [0, 0.05) is 31.4 Å². The molecule has 1 aliphatic heterocycles. The van der Waals surface area contributed by atoms with Crippen LogP contribution in [-0.4, -0.2) is 51.4 Å². The highest BCUT2D eigenvalue weighted by atomic mass is 19.1. The summed E-state index contributed by atoms with van der Waals surface area (Å²) in [6.45, 7) is 4.69. The molecule has 7 heteroatoms. The summed E-state index contributed by atoms with van der Waals surface area (Å²) in [6, 6.07) is 6.87. The van der Waals surface area contributed by atoms with E-state index in [2.05, 4.69) is 15.3 Å². The average molecular weight is 374 g/mol. The summed E-state index contributed by atoms with van der Waals surface area (Å²) in [7, 11) is 0. The first-order valence-electron chi connectivity index (χ1n) is 9.42. The van der Waals surface area contributed by atoms with Gasteiger partial charge in [0.1, 0.15) is 5.82 Å². The molecule has 6 nitrogen and oxygen atoms in total. The van der Waals surface area contributed by atoms with E-state index in [1.165, 1.54) is 6.07 Å². The van der Waals surface area contributed by atoms with Crippen molar-refractivity contribution in [1.82, 2.24) is 20.0 Å². The number of amides is 1. The molecular formula is C20H27FN4O2. The number of nitrogens with zero attached hydrogens (tertiary/aromatic N) is 3. The van der Waals surface area contributed by atoms with Crippen LogP contribution in [0, 0.1) is 18.7 Å². The molecule has 27 heavy (non-hydrogen) atoms. The molecule has 1 aliphatic rings. The third kappa shape index (κ3) is 5.61. The monoisotopic (exact) mass is 374 g/mol. The van der Waals surface area contributed by atoms with Gasteiger partial charge in [-0.1, -0.05) is 12.1 Å². The molecule has 0 bridgehead atoms. The summed E-state index contributed by atoms with van der Waals surface area (Å²) < 4.78 is 15.3. The zero-order chi connectivity index (χ0) is 19.2. The van der Waals surface area contributed by atoms with Gasteiger partial charge in [0.15, 0.2) is 0 Å². The van der Waals surface area contributed by atoms with E-state index in [0.29, 0.717) is 25.2 Å². The van der Waals surface area contributed by atoms with Crippen LogP contribution in [0.25, 0.3) is 0 Å². The van der Waals surface area contributed by atoms with Crippen molar-refractivity contribution in [1.29, 1.82) is 0 Å². The van der Waals surface area contributed by atoms with Gasteiger partial charge in [-0.3, -0.25) is 9.48 Å². The van der Waals surface area contributed by atoms with Crippen LogP contribution in [0.2, 0.25) is 0 Å². The maximum atomic E-state index is 13.6. The third-order valence-corrected chi connectivity index (χ3v) is 5.09. The molecule has 2 heterocycles. The van der Waals surface area contributed by atoms with E-state index in [9.17, 15) is 14.3 Å². The van der Waals surface area contributed by atoms with Crippen LogP contribution in [-0.2, 0) is 17.9 Å². The first-order chi connectivity index (χ1) is 13.0. The summed E-state index contributed by atoms with van der Waals surface area (Å²) in [5.74, 6) is -0.253. The van der Waals surface area contributed by atoms with E-state index < -0.39 is 6.10 Å². The van der Waals surface area contributed by atoms with E-state index >= 15 is 0 Å². The number of halogens is 1. The lowest BCUT2D eigenvalue weighted by Gasteiger charge is -2.32. The van der Waals surface area contributed by atoms with Gasteiger partial charge in [-0.2, -0.15) is 5.10 Å². The van der Waals surface area contributed by atoms with Gasteiger partial charge in [-0.15, -0.1) is 0 Å². The Morgan fingerprint density at radius 1 is 1.37 bits per heavy atom. The zero-order valence-electron chi connectivity index (χ0n) is 15.6.